The molecule has 2 aromatic heterocycles. The van der Waals surface area contributed by atoms with Crippen molar-refractivity contribution in [3.8, 4) is 0 Å². The molecule has 0 saturated heterocycles. The average molecular weight is 451 g/mol. The number of esters is 1. The van der Waals surface area contributed by atoms with Gasteiger partial charge in [0.05, 0.1) is 16.3 Å². The van der Waals surface area contributed by atoms with Gasteiger partial charge in [0, 0.05) is 17.3 Å². The number of benzene rings is 2. The van der Waals surface area contributed by atoms with E-state index in [2.05, 4.69) is 4.98 Å². The maximum Gasteiger partial charge on any atom is 0.339 e. The predicted molar refractivity (Wildman–Crippen MR) is 122 cm³/mol. The molecule has 4 rings (SSSR count). The fourth-order valence-corrected chi connectivity index (χ4v) is 3.31. The quantitative estimate of drug-likeness (QED) is 0.235. The van der Waals surface area contributed by atoms with Gasteiger partial charge in [0.1, 0.15) is 12.3 Å². The van der Waals surface area contributed by atoms with E-state index < -0.39 is 5.97 Å². The summed E-state index contributed by atoms with van der Waals surface area (Å²) in [4.78, 5) is 29.6. The van der Waals surface area contributed by atoms with Gasteiger partial charge in [0.2, 0.25) is 0 Å². The Morgan fingerprint density at radius 1 is 0.968 bits per heavy atom. The first-order chi connectivity index (χ1) is 15.0. The Balaban J connectivity index is 1.61. The molecule has 4 aromatic rings. The van der Waals surface area contributed by atoms with Gasteiger partial charge in [-0.15, -0.1) is 0 Å². The van der Waals surface area contributed by atoms with E-state index >= 15 is 0 Å². The molecule has 154 valence electrons. The van der Waals surface area contributed by atoms with E-state index in [0.29, 0.717) is 32.5 Å². The third kappa shape index (κ3) is 5.02. The van der Waals surface area contributed by atoms with Gasteiger partial charge < -0.3 is 4.74 Å². The number of aromatic nitrogens is 2. The summed E-state index contributed by atoms with van der Waals surface area (Å²) in [6.07, 6.45) is 3.24. The number of hydrogen-bond acceptors (Lipinski definition) is 4. The minimum atomic E-state index is -0.538. The summed E-state index contributed by atoms with van der Waals surface area (Å²) in [5, 5.41) is 0.992. The zero-order valence-corrected chi connectivity index (χ0v) is 17.7. The zero-order chi connectivity index (χ0) is 21.8. The lowest BCUT2D eigenvalue weighted by Gasteiger charge is -2.10. The predicted octanol–water partition coefficient (Wildman–Crippen LogP) is 5.29. The molecule has 2 aromatic carbocycles. The number of nitrogens with zero attached hydrogens (tertiary/aromatic N) is 2. The second kappa shape index (κ2) is 9.16. The van der Waals surface area contributed by atoms with E-state index in [4.69, 9.17) is 27.9 Å². The molecule has 0 fully saturated rings. The van der Waals surface area contributed by atoms with Gasteiger partial charge in [-0.25, -0.2) is 9.78 Å². The Kier molecular flexibility index (Phi) is 6.16. The SMILES string of the molecule is O=C(OCc1cc(=O)n2cc(Cl)ccc2n1)/C(=C/c1ccccc1)c1ccc(Cl)cc1. The van der Waals surface area contributed by atoms with Crippen LogP contribution >= 0.6 is 23.2 Å². The molecule has 0 aliphatic heterocycles. The number of rotatable bonds is 5. The second-order valence-corrected chi connectivity index (χ2v) is 7.59. The molecule has 7 heteroatoms. The Morgan fingerprint density at radius 2 is 1.68 bits per heavy atom. The van der Waals surface area contributed by atoms with Gasteiger partial charge >= 0.3 is 5.97 Å². The molecule has 5 nitrogen and oxygen atoms in total. The number of hydrogen-bond donors (Lipinski definition) is 0. The summed E-state index contributed by atoms with van der Waals surface area (Å²) in [6.45, 7) is -0.146. The number of fused-ring (bicyclic) bond motifs is 1. The summed E-state index contributed by atoms with van der Waals surface area (Å²) >= 11 is 11.9. The molecule has 0 unspecified atom stereocenters. The van der Waals surface area contributed by atoms with Crippen LogP contribution in [0, 0.1) is 0 Å². The van der Waals surface area contributed by atoms with E-state index in [-0.39, 0.29) is 12.2 Å². The third-order valence-electron chi connectivity index (χ3n) is 4.51. The van der Waals surface area contributed by atoms with Crippen LogP contribution in [0.15, 0.2) is 83.8 Å². The van der Waals surface area contributed by atoms with Crippen molar-refractivity contribution in [1.82, 2.24) is 9.38 Å². The van der Waals surface area contributed by atoms with Crippen LogP contribution in [0.5, 0.6) is 0 Å². The van der Waals surface area contributed by atoms with Crippen molar-refractivity contribution < 1.29 is 9.53 Å². The minimum absolute atomic E-state index is 0.146. The largest absolute Gasteiger partial charge is 0.456 e. The molecule has 0 N–H and O–H groups in total. The molecule has 2 heterocycles. The lowest BCUT2D eigenvalue weighted by atomic mass is 10.0. The fourth-order valence-electron chi connectivity index (χ4n) is 3.02. The second-order valence-electron chi connectivity index (χ2n) is 6.71. The number of carbonyl (C=O) groups is 1. The van der Waals surface area contributed by atoms with E-state index in [0.717, 1.165) is 5.56 Å². The van der Waals surface area contributed by atoms with E-state index in [1.54, 1.807) is 42.5 Å². The average Bonchev–Trinajstić information content (AvgIpc) is 2.78. The van der Waals surface area contributed by atoms with Crippen LogP contribution in [0.2, 0.25) is 10.0 Å². The normalized spacial score (nSPS) is 11.5. The topological polar surface area (TPSA) is 60.7 Å². The Labute approximate surface area is 188 Å². The summed E-state index contributed by atoms with van der Waals surface area (Å²) in [7, 11) is 0. The Hall–Kier alpha value is -3.41. The molecule has 0 aliphatic rings. The van der Waals surface area contributed by atoms with Gasteiger partial charge in [-0.3, -0.25) is 9.20 Å². The van der Waals surface area contributed by atoms with Gasteiger partial charge in [-0.2, -0.15) is 0 Å². The number of carbonyl (C=O) groups excluding carboxylic acids is 1. The van der Waals surface area contributed by atoms with Crippen molar-refractivity contribution in [3.05, 3.63) is 116 Å². The van der Waals surface area contributed by atoms with Gasteiger partial charge in [0.25, 0.3) is 5.56 Å². The molecule has 31 heavy (non-hydrogen) atoms. The fraction of sp³-hybridized carbons (Fsp3) is 0.0417. The summed E-state index contributed by atoms with van der Waals surface area (Å²) in [5.74, 6) is -0.538. The monoisotopic (exact) mass is 450 g/mol. The van der Waals surface area contributed by atoms with Crippen molar-refractivity contribution in [2.75, 3.05) is 0 Å². The molecule has 0 saturated carbocycles. The molecule has 0 aliphatic carbocycles. The van der Waals surface area contributed by atoms with Crippen LogP contribution in [0.4, 0.5) is 0 Å². The van der Waals surface area contributed by atoms with E-state index in [9.17, 15) is 9.59 Å². The first-order valence-electron chi connectivity index (χ1n) is 9.37. The number of pyridine rings is 1. The number of halogens is 2. The van der Waals surface area contributed by atoms with Crippen molar-refractivity contribution in [2.24, 2.45) is 0 Å². The molecule has 0 amide bonds. The highest BCUT2D eigenvalue weighted by molar-refractivity contribution is 6.31. The smallest absolute Gasteiger partial charge is 0.339 e. The van der Waals surface area contributed by atoms with Crippen LogP contribution in [0.3, 0.4) is 0 Å². The summed E-state index contributed by atoms with van der Waals surface area (Å²) < 4.78 is 6.83. The van der Waals surface area contributed by atoms with Crippen LogP contribution in [0.25, 0.3) is 17.3 Å². The number of ether oxygens (including phenoxy) is 1. The summed E-state index contributed by atoms with van der Waals surface area (Å²) in [6, 6.07) is 21.0. The first-order valence-corrected chi connectivity index (χ1v) is 10.1. The van der Waals surface area contributed by atoms with Crippen LogP contribution in [-0.2, 0) is 16.1 Å². The van der Waals surface area contributed by atoms with Gasteiger partial charge in [0.15, 0.2) is 0 Å². The Morgan fingerprint density at radius 3 is 2.42 bits per heavy atom. The van der Waals surface area contributed by atoms with Crippen LogP contribution < -0.4 is 5.56 Å². The van der Waals surface area contributed by atoms with Gasteiger partial charge in [-0.1, -0.05) is 65.7 Å². The van der Waals surface area contributed by atoms with Crippen molar-refractivity contribution in [1.29, 1.82) is 0 Å². The molecule has 0 spiro atoms. The molecule has 0 radical (unpaired) electrons. The lowest BCUT2D eigenvalue weighted by Crippen LogP contribution is -2.16. The first kappa shape index (κ1) is 20.8. The maximum absolute atomic E-state index is 12.9. The zero-order valence-electron chi connectivity index (χ0n) is 16.2. The molecular formula is C24H16Cl2N2O3. The molecule has 0 atom stereocenters. The molecular weight excluding hydrogens is 435 g/mol. The minimum Gasteiger partial charge on any atom is -0.456 e. The van der Waals surface area contributed by atoms with Crippen molar-refractivity contribution in [3.63, 3.8) is 0 Å². The highest BCUT2D eigenvalue weighted by Crippen LogP contribution is 2.22. The highest BCUT2D eigenvalue weighted by Gasteiger charge is 2.15. The maximum atomic E-state index is 12.9. The van der Waals surface area contributed by atoms with Crippen LogP contribution in [-0.4, -0.2) is 15.4 Å². The van der Waals surface area contributed by atoms with Crippen LogP contribution in [0.1, 0.15) is 16.8 Å². The third-order valence-corrected chi connectivity index (χ3v) is 4.99. The van der Waals surface area contributed by atoms with Crippen molar-refractivity contribution >= 4 is 46.5 Å². The lowest BCUT2D eigenvalue weighted by molar-refractivity contribution is -0.137. The standard InChI is InChI=1S/C24H16Cl2N2O3/c25-18-8-6-17(7-9-18)21(12-16-4-2-1-3-5-16)24(30)31-15-20-13-23(29)28-14-19(26)10-11-22(28)27-20/h1-14H,15H2/b21-12+. The summed E-state index contributed by atoms with van der Waals surface area (Å²) in [5.41, 5.74) is 2.34. The molecule has 0 bridgehead atoms. The highest BCUT2D eigenvalue weighted by atomic mass is 35.5. The van der Waals surface area contributed by atoms with Gasteiger partial charge in [-0.05, 0) is 41.5 Å². The Bertz CT molecular complexity index is 1330. The van der Waals surface area contributed by atoms with E-state index in [1.165, 1.54) is 16.7 Å². The van der Waals surface area contributed by atoms with E-state index in [1.807, 2.05) is 30.3 Å². The van der Waals surface area contributed by atoms with Crippen molar-refractivity contribution in [2.45, 2.75) is 6.61 Å².